The molecular formula is C15H26BrN3O. The van der Waals surface area contributed by atoms with Crippen LogP contribution in [0.4, 0.5) is 0 Å². The lowest BCUT2D eigenvalue weighted by Gasteiger charge is -2.30. The van der Waals surface area contributed by atoms with Gasteiger partial charge in [0.2, 0.25) is 5.88 Å². The fourth-order valence-corrected chi connectivity index (χ4v) is 2.49. The highest BCUT2D eigenvalue weighted by molar-refractivity contribution is 9.10. The van der Waals surface area contributed by atoms with Gasteiger partial charge in [0.05, 0.1) is 0 Å². The second kappa shape index (κ2) is 7.93. The van der Waals surface area contributed by atoms with Gasteiger partial charge in [-0.1, -0.05) is 13.8 Å². The number of halogens is 1. The summed E-state index contributed by atoms with van der Waals surface area (Å²) in [5, 5.41) is 0. The molecule has 0 atom stereocenters. The minimum atomic E-state index is 0.290. The summed E-state index contributed by atoms with van der Waals surface area (Å²) in [4.78, 5) is 11.2. The second-order valence-corrected chi connectivity index (χ2v) is 6.63. The van der Waals surface area contributed by atoms with Crippen LogP contribution in [-0.2, 0) is 0 Å². The van der Waals surface area contributed by atoms with Crippen LogP contribution in [0, 0.1) is 0 Å². The molecule has 0 radical (unpaired) electrons. The summed E-state index contributed by atoms with van der Waals surface area (Å²) in [5.74, 6) is 1.74. The molecule has 0 fully saturated rings. The summed E-state index contributed by atoms with van der Waals surface area (Å²) < 4.78 is 6.56. The molecule has 1 heterocycles. The highest BCUT2D eigenvalue weighted by Crippen LogP contribution is 2.19. The first-order valence-electron chi connectivity index (χ1n) is 7.24. The highest BCUT2D eigenvalue weighted by Gasteiger charge is 2.13. The van der Waals surface area contributed by atoms with E-state index in [4.69, 9.17) is 4.74 Å². The Hall–Kier alpha value is -0.680. The van der Waals surface area contributed by atoms with Crippen molar-refractivity contribution in [2.24, 2.45) is 0 Å². The Labute approximate surface area is 131 Å². The maximum Gasteiger partial charge on any atom is 0.217 e. The van der Waals surface area contributed by atoms with Crippen LogP contribution in [0.5, 0.6) is 5.88 Å². The lowest BCUT2D eigenvalue weighted by atomic mass is 10.2. The topological polar surface area (TPSA) is 38.2 Å². The predicted molar refractivity (Wildman–Crippen MR) is 86.3 cm³/mol. The molecule has 0 aliphatic heterocycles. The molecule has 5 heteroatoms. The fraction of sp³-hybridized carbons (Fsp3) is 0.733. The van der Waals surface area contributed by atoms with Crippen molar-refractivity contribution in [2.45, 2.75) is 59.5 Å². The molecule has 0 unspecified atom stereocenters. The van der Waals surface area contributed by atoms with Gasteiger partial charge in [-0.3, -0.25) is 4.90 Å². The Morgan fingerprint density at radius 3 is 2.20 bits per heavy atom. The molecule has 0 aromatic carbocycles. The SMILES string of the molecule is CC(C)c1nc(Br)cc(OCCN(C(C)C)C(C)C)n1. The van der Waals surface area contributed by atoms with Crippen LogP contribution in [-0.4, -0.2) is 40.1 Å². The Morgan fingerprint density at radius 1 is 1.10 bits per heavy atom. The van der Waals surface area contributed by atoms with Crippen LogP contribution in [0.3, 0.4) is 0 Å². The molecule has 4 nitrogen and oxygen atoms in total. The molecule has 0 spiro atoms. The summed E-state index contributed by atoms with van der Waals surface area (Å²) in [6.45, 7) is 14.5. The van der Waals surface area contributed by atoms with Crippen LogP contribution < -0.4 is 4.74 Å². The lowest BCUT2D eigenvalue weighted by Crippen LogP contribution is -2.39. The summed E-state index contributed by atoms with van der Waals surface area (Å²) >= 11 is 3.41. The minimum Gasteiger partial charge on any atom is -0.476 e. The quantitative estimate of drug-likeness (QED) is 0.704. The van der Waals surface area contributed by atoms with Gasteiger partial charge in [0.15, 0.2) is 0 Å². The lowest BCUT2D eigenvalue weighted by molar-refractivity contribution is 0.140. The van der Waals surface area contributed by atoms with E-state index in [9.17, 15) is 0 Å². The van der Waals surface area contributed by atoms with Gasteiger partial charge < -0.3 is 4.74 Å². The molecule has 1 aromatic rings. The Morgan fingerprint density at radius 2 is 1.70 bits per heavy atom. The van der Waals surface area contributed by atoms with Crippen LogP contribution in [0.1, 0.15) is 53.3 Å². The van der Waals surface area contributed by atoms with E-state index in [1.54, 1.807) is 0 Å². The van der Waals surface area contributed by atoms with E-state index >= 15 is 0 Å². The molecule has 0 aliphatic rings. The van der Waals surface area contributed by atoms with Crippen molar-refractivity contribution in [3.63, 3.8) is 0 Å². The van der Waals surface area contributed by atoms with E-state index in [2.05, 4.69) is 72.3 Å². The zero-order valence-corrected chi connectivity index (χ0v) is 14.9. The van der Waals surface area contributed by atoms with Crippen molar-refractivity contribution in [2.75, 3.05) is 13.2 Å². The zero-order valence-electron chi connectivity index (χ0n) is 13.4. The summed E-state index contributed by atoms with van der Waals surface area (Å²) in [7, 11) is 0. The molecule has 1 aromatic heterocycles. The van der Waals surface area contributed by atoms with Gasteiger partial charge in [0.1, 0.15) is 17.0 Å². The average molecular weight is 344 g/mol. The van der Waals surface area contributed by atoms with Gasteiger partial charge in [-0.25, -0.2) is 4.98 Å². The van der Waals surface area contributed by atoms with Crippen molar-refractivity contribution in [1.29, 1.82) is 0 Å². The van der Waals surface area contributed by atoms with E-state index < -0.39 is 0 Å². The van der Waals surface area contributed by atoms with Gasteiger partial charge in [0, 0.05) is 30.6 Å². The molecular weight excluding hydrogens is 318 g/mol. The Balaban J connectivity index is 2.61. The first-order chi connectivity index (χ1) is 9.31. The normalized spacial score (nSPS) is 11.9. The van der Waals surface area contributed by atoms with Crippen LogP contribution in [0.2, 0.25) is 0 Å². The van der Waals surface area contributed by atoms with Crippen molar-refractivity contribution in [1.82, 2.24) is 14.9 Å². The van der Waals surface area contributed by atoms with E-state index in [-0.39, 0.29) is 5.92 Å². The Kier molecular flexibility index (Phi) is 6.89. The van der Waals surface area contributed by atoms with Gasteiger partial charge in [-0.05, 0) is 43.6 Å². The van der Waals surface area contributed by atoms with Crippen molar-refractivity contribution in [3.8, 4) is 5.88 Å². The number of rotatable bonds is 7. The predicted octanol–water partition coefficient (Wildman–Crippen LogP) is 3.86. The van der Waals surface area contributed by atoms with Gasteiger partial charge >= 0.3 is 0 Å². The second-order valence-electron chi connectivity index (χ2n) is 5.82. The van der Waals surface area contributed by atoms with E-state index in [1.807, 2.05) is 6.07 Å². The Bertz CT molecular complexity index is 414. The molecule has 114 valence electrons. The van der Waals surface area contributed by atoms with Gasteiger partial charge in [0.25, 0.3) is 0 Å². The first-order valence-corrected chi connectivity index (χ1v) is 8.03. The summed E-state index contributed by atoms with van der Waals surface area (Å²) in [6, 6.07) is 2.85. The number of hydrogen-bond donors (Lipinski definition) is 0. The van der Waals surface area contributed by atoms with Crippen molar-refractivity contribution < 1.29 is 4.74 Å². The third-order valence-corrected chi connectivity index (χ3v) is 3.54. The van der Waals surface area contributed by atoms with E-state index in [1.165, 1.54) is 0 Å². The van der Waals surface area contributed by atoms with Crippen molar-refractivity contribution in [3.05, 3.63) is 16.5 Å². The molecule has 0 bridgehead atoms. The number of aromatic nitrogens is 2. The molecule has 0 saturated carbocycles. The van der Waals surface area contributed by atoms with Gasteiger partial charge in [-0.15, -0.1) is 0 Å². The number of hydrogen-bond acceptors (Lipinski definition) is 4. The largest absolute Gasteiger partial charge is 0.476 e. The molecule has 0 N–H and O–H groups in total. The maximum absolute atomic E-state index is 5.79. The smallest absolute Gasteiger partial charge is 0.217 e. The molecule has 0 saturated heterocycles. The molecule has 0 aliphatic carbocycles. The third kappa shape index (κ3) is 5.37. The number of ether oxygens (including phenoxy) is 1. The maximum atomic E-state index is 5.79. The summed E-state index contributed by atoms with van der Waals surface area (Å²) in [5.41, 5.74) is 0. The monoisotopic (exact) mass is 343 g/mol. The average Bonchev–Trinajstić information content (AvgIpc) is 2.32. The van der Waals surface area contributed by atoms with Crippen molar-refractivity contribution >= 4 is 15.9 Å². The van der Waals surface area contributed by atoms with E-state index in [0.717, 1.165) is 17.0 Å². The first kappa shape index (κ1) is 17.4. The van der Waals surface area contributed by atoms with E-state index in [0.29, 0.717) is 24.6 Å². The molecule has 0 amide bonds. The fourth-order valence-electron chi connectivity index (χ4n) is 2.11. The van der Waals surface area contributed by atoms with Crippen LogP contribution in [0.15, 0.2) is 10.7 Å². The molecule has 1 rings (SSSR count). The molecule has 20 heavy (non-hydrogen) atoms. The van der Waals surface area contributed by atoms with Crippen LogP contribution >= 0.6 is 15.9 Å². The third-order valence-electron chi connectivity index (χ3n) is 3.13. The number of nitrogens with zero attached hydrogens (tertiary/aromatic N) is 3. The minimum absolute atomic E-state index is 0.290. The standard InChI is InChI=1S/C15H26BrN3O/c1-10(2)15-17-13(16)9-14(18-15)20-8-7-19(11(3)4)12(5)6/h9-12H,7-8H2,1-6H3. The van der Waals surface area contributed by atoms with Gasteiger partial charge in [-0.2, -0.15) is 4.98 Å². The zero-order chi connectivity index (χ0) is 15.3. The highest BCUT2D eigenvalue weighted by atomic mass is 79.9. The summed E-state index contributed by atoms with van der Waals surface area (Å²) in [6.07, 6.45) is 0. The van der Waals surface area contributed by atoms with Crippen LogP contribution in [0.25, 0.3) is 0 Å².